The van der Waals surface area contributed by atoms with E-state index in [1.807, 2.05) is 85.0 Å². The van der Waals surface area contributed by atoms with Gasteiger partial charge in [0.2, 0.25) is 0 Å². The minimum atomic E-state index is -1.20. The molecule has 2 heterocycles. The monoisotopic (exact) mass is 610 g/mol. The zero-order chi connectivity index (χ0) is 28.4. The Balaban J connectivity index is 1.54. The van der Waals surface area contributed by atoms with Crippen molar-refractivity contribution >= 4 is 31.2 Å². The van der Waals surface area contributed by atoms with Crippen LogP contribution in [0.15, 0.2) is 91.1 Å². The van der Waals surface area contributed by atoms with Crippen LogP contribution in [0.2, 0.25) is 4.31 Å². The number of carbonyl (C=O) groups is 2. The molecule has 212 valence electrons. The van der Waals surface area contributed by atoms with Gasteiger partial charge in [0, 0.05) is 0 Å². The van der Waals surface area contributed by atoms with Gasteiger partial charge in [-0.15, -0.1) is 0 Å². The summed E-state index contributed by atoms with van der Waals surface area (Å²) in [7, 11) is 1.65. The molecule has 6 nitrogen and oxygen atoms in total. The number of esters is 1. The molecule has 0 spiro atoms. The zero-order valence-corrected chi connectivity index (χ0v) is 24.8. The van der Waals surface area contributed by atoms with E-state index in [0.29, 0.717) is 19.4 Å². The SMILES string of the molecule is COc1ccc(CO[C@@H]2/C=C\C=C\C[C@@H](O)C[C@@H]3CC(=O)C([Se]c4ccccc4)(C/C=C/C[C@H]2C)C(=O)O3)cc1. The molecule has 1 saturated heterocycles. The summed E-state index contributed by atoms with van der Waals surface area (Å²) in [5, 5.41) is 10.6. The first-order valence-corrected chi connectivity index (χ1v) is 15.5. The summed E-state index contributed by atoms with van der Waals surface area (Å²) in [5.41, 5.74) is 1.05. The molecule has 3 aliphatic rings. The van der Waals surface area contributed by atoms with Crippen LogP contribution in [0.5, 0.6) is 5.75 Å². The van der Waals surface area contributed by atoms with Crippen LogP contribution in [-0.4, -0.2) is 57.2 Å². The normalized spacial score (nSPS) is 30.2. The summed E-state index contributed by atoms with van der Waals surface area (Å²) < 4.78 is 17.2. The van der Waals surface area contributed by atoms with Gasteiger partial charge in [-0.1, -0.05) is 0 Å². The Bertz CT molecular complexity index is 1190. The molecule has 0 saturated carbocycles. The second-order valence-electron chi connectivity index (χ2n) is 10.3. The third kappa shape index (κ3) is 8.04. The topological polar surface area (TPSA) is 82.1 Å². The number of aliphatic hydroxyl groups excluding tert-OH is 1. The maximum absolute atomic E-state index is 13.6. The number of methoxy groups -OCH3 is 1. The van der Waals surface area contributed by atoms with Gasteiger partial charge in [0.05, 0.1) is 7.11 Å². The number of carbonyl (C=O) groups excluding carboxylic acids is 2. The van der Waals surface area contributed by atoms with Crippen molar-refractivity contribution in [1.82, 2.24) is 0 Å². The van der Waals surface area contributed by atoms with Crippen molar-refractivity contribution in [2.24, 2.45) is 5.92 Å². The summed E-state index contributed by atoms with van der Waals surface area (Å²) >= 11 is -0.430. The number of ether oxygens (including phenoxy) is 3. The van der Waals surface area contributed by atoms with E-state index in [-0.39, 0.29) is 30.6 Å². The van der Waals surface area contributed by atoms with Gasteiger partial charge in [0.15, 0.2) is 0 Å². The van der Waals surface area contributed by atoms with Crippen LogP contribution in [0.1, 0.15) is 44.6 Å². The molecule has 5 atom stereocenters. The first kappa shape index (κ1) is 30.0. The quantitative estimate of drug-likeness (QED) is 0.217. The number of aliphatic hydroxyl groups is 1. The van der Waals surface area contributed by atoms with Gasteiger partial charge in [0.25, 0.3) is 0 Å². The zero-order valence-electron chi connectivity index (χ0n) is 23.1. The Morgan fingerprint density at radius 1 is 1.00 bits per heavy atom. The third-order valence-corrected chi connectivity index (χ3v) is 10.2. The molecule has 1 aliphatic carbocycles. The Labute approximate surface area is 243 Å². The Morgan fingerprint density at radius 3 is 2.50 bits per heavy atom. The Morgan fingerprint density at radius 2 is 1.77 bits per heavy atom. The molecule has 2 aromatic rings. The fourth-order valence-corrected chi connectivity index (χ4v) is 7.36. The number of allylic oxidation sites excluding steroid dienone is 4. The molecule has 1 N–H and O–H groups in total. The molecule has 2 aliphatic heterocycles. The average Bonchev–Trinajstić information content (AvgIpc) is 2.95. The van der Waals surface area contributed by atoms with Gasteiger partial charge in [-0.25, -0.2) is 0 Å². The molecule has 2 bridgehead atoms. The van der Waals surface area contributed by atoms with E-state index in [4.69, 9.17) is 14.2 Å². The van der Waals surface area contributed by atoms with Gasteiger partial charge < -0.3 is 4.74 Å². The van der Waals surface area contributed by atoms with Crippen molar-refractivity contribution in [3.05, 3.63) is 96.6 Å². The number of Topliss-reactive ketones (excluding diaryl/α,β-unsaturated/α-hetero) is 1. The number of ketones is 1. The Hall–Kier alpha value is -2.96. The number of benzene rings is 2. The minimum absolute atomic E-state index is 0.0928. The molecule has 0 aromatic heterocycles. The first-order chi connectivity index (χ1) is 19.4. The van der Waals surface area contributed by atoms with E-state index < -0.39 is 37.4 Å². The fraction of sp³-hybridized carbons (Fsp3) is 0.394. The van der Waals surface area contributed by atoms with Crippen molar-refractivity contribution in [3.8, 4) is 5.75 Å². The van der Waals surface area contributed by atoms with Crippen LogP contribution < -0.4 is 9.20 Å². The summed E-state index contributed by atoms with van der Waals surface area (Å²) in [6.07, 6.45) is 12.1. The second-order valence-corrected chi connectivity index (χ2v) is 13.2. The van der Waals surface area contributed by atoms with E-state index in [0.717, 1.165) is 22.2 Å². The van der Waals surface area contributed by atoms with Crippen molar-refractivity contribution in [2.75, 3.05) is 7.11 Å². The van der Waals surface area contributed by atoms with Crippen LogP contribution in [0.3, 0.4) is 0 Å². The number of hydrogen-bond donors (Lipinski definition) is 1. The molecule has 7 heteroatoms. The first-order valence-electron chi connectivity index (χ1n) is 13.8. The van der Waals surface area contributed by atoms with Crippen molar-refractivity contribution in [2.45, 2.75) is 68.3 Å². The van der Waals surface area contributed by atoms with Crippen molar-refractivity contribution in [1.29, 1.82) is 0 Å². The predicted octanol–water partition coefficient (Wildman–Crippen LogP) is 4.89. The third-order valence-electron chi connectivity index (χ3n) is 7.24. The van der Waals surface area contributed by atoms with Crippen molar-refractivity contribution in [3.63, 3.8) is 0 Å². The summed E-state index contributed by atoms with van der Waals surface area (Å²) in [6, 6.07) is 17.5. The van der Waals surface area contributed by atoms with E-state index in [9.17, 15) is 14.7 Å². The van der Waals surface area contributed by atoms with Crippen LogP contribution in [0.4, 0.5) is 0 Å². The van der Waals surface area contributed by atoms with Gasteiger partial charge in [-0.3, -0.25) is 0 Å². The average molecular weight is 610 g/mol. The molecule has 1 fully saturated rings. The van der Waals surface area contributed by atoms with Gasteiger partial charge in [-0.2, -0.15) is 0 Å². The summed E-state index contributed by atoms with van der Waals surface area (Å²) in [5.74, 6) is 0.390. The fourth-order valence-electron chi connectivity index (χ4n) is 4.84. The molecular formula is C33H38O6Se. The molecule has 0 amide bonds. The van der Waals surface area contributed by atoms with Gasteiger partial charge >= 0.3 is 226 Å². The molecule has 40 heavy (non-hydrogen) atoms. The standard InChI is InChI=1S/C33H38O6Se/c1-24-11-9-10-20-33(40-29-13-6-4-7-14-29)31(35)22-28(39-32(33)36)21-26(34)12-5-3-8-15-30(24)38-23-25-16-18-27(37-2)19-17-25/h3-10,13-19,24,26,28,30,34H,11-12,20-23H2,1-2H3/b5-3+,10-9+,15-8-/t24-,26-,28-,30-,33?/m1/s1. The molecule has 5 rings (SSSR count). The summed E-state index contributed by atoms with van der Waals surface area (Å²) in [4.78, 5) is 27.0. The maximum atomic E-state index is 13.6. The predicted molar refractivity (Wildman–Crippen MR) is 157 cm³/mol. The van der Waals surface area contributed by atoms with E-state index >= 15 is 0 Å². The number of hydrogen-bond acceptors (Lipinski definition) is 6. The molecule has 2 aromatic carbocycles. The number of rotatable bonds is 6. The van der Waals surface area contributed by atoms with Gasteiger partial charge in [-0.05, 0) is 0 Å². The number of fused-ring (bicyclic) bond motifs is 11. The van der Waals surface area contributed by atoms with Crippen LogP contribution in [0, 0.1) is 5.92 Å². The van der Waals surface area contributed by atoms with Crippen LogP contribution >= 0.6 is 0 Å². The van der Waals surface area contributed by atoms with E-state index in [1.54, 1.807) is 7.11 Å². The second kappa shape index (κ2) is 14.6. The van der Waals surface area contributed by atoms with E-state index in [2.05, 4.69) is 13.0 Å². The molecule has 0 radical (unpaired) electrons. The van der Waals surface area contributed by atoms with Crippen LogP contribution in [-0.2, 0) is 25.7 Å². The van der Waals surface area contributed by atoms with Gasteiger partial charge in [0.1, 0.15) is 5.75 Å². The van der Waals surface area contributed by atoms with E-state index in [1.165, 1.54) is 0 Å². The van der Waals surface area contributed by atoms with Crippen LogP contribution in [0.25, 0.3) is 0 Å². The van der Waals surface area contributed by atoms with Crippen molar-refractivity contribution < 1.29 is 28.9 Å². The molecule has 1 unspecified atom stereocenters. The molecular weight excluding hydrogens is 571 g/mol. The Kier molecular flexibility index (Phi) is 11.0. The summed E-state index contributed by atoms with van der Waals surface area (Å²) in [6.45, 7) is 2.59.